The van der Waals surface area contributed by atoms with Crippen molar-refractivity contribution in [1.82, 2.24) is 4.90 Å². The fourth-order valence-corrected chi connectivity index (χ4v) is 2.21. The van der Waals surface area contributed by atoms with Crippen molar-refractivity contribution in [1.29, 1.82) is 0 Å². The molecule has 1 rings (SSSR count). The zero-order valence-corrected chi connectivity index (χ0v) is 10.4. The van der Waals surface area contributed by atoms with Gasteiger partial charge in [-0.25, -0.2) is 0 Å². The van der Waals surface area contributed by atoms with Gasteiger partial charge in [0.2, 0.25) is 0 Å². The SMILES string of the molecule is C[C@H](O)c1ccc(SCCN(C)C)cc1. The molecule has 1 aromatic rings. The summed E-state index contributed by atoms with van der Waals surface area (Å²) in [5.74, 6) is 1.10. The van der Waals surface area contributed by atoms with Crippen LogP contribution >= 0.6 is 11.8 Å². The van der Waals surface area contributed by atoms with E-state index in [4.69, 9.17) is 0 Å². The third-order valence-corrected chi connectivity index (χ3v) is 3.16. The highest BCUT2D eigenvalue weighted by Gasteiger charge is 2.00. The molecule has 0 bridgehead atoms. The van der Waals surface area contributed by atoms with Gasteiger partial charge in [0.25, 0.3) is 0 Å². The Balaban J connectivity index is 2.43. The van der Waals surface area contributed by atoms with Crippen LogP contribution in [0.2, 0.25) is 0 Å². The molecule has 0 saturated carbocycles. The van der Waals surface area contributed by atoms with E-state index in [0.717, 1.165) is 17.9 Å². The Bertz CT molecular complexity index is 282. The van der Waals surface area contributed by atoms with E-state index >= 15 is 0 Å². The second kappa shape index (κ2) is 6.16. The Hall–Kier alpha value is -0.510. The first-order chi connectivity index (χ1) is 7.09. The van der Waals surface area contributed by atoms with Crippen molar-refractivity contribution in [2.45, 2.75) is 17.9 Å². The summed E-state index contributed by atoms with van der Waals surface area (Å²) in [6.45, 7) is 2.87. The van der Waals surface area contributed by atoms with Gasteiger partial charge in [-0.2, -0.15) is 0 Å². The van der Waals surface area contributed by atoms with Crippen molar-refractivity contribution in [3.05, 3.63) is 29.8 Å². The molecule has 84 valence electrons. The summed E-state index contributed by atoms with van der Waals surface area (Å²) < 4.78 is 0. The van der Waals surface area contributed by atoms with Gasteiger partial charge in [0, 0.05) is 17.2 Å². The van der Waals surface area contributed by atoms with Crippen LogP contribution in [-0.4, -0.2) is 36.4 Å². The number of hydrogen-bond donors (Lipinski definition) is 1. The van der Waals surface area contributed by atoms with Crippen LogP contribution in [-0.2, 0) is 0 Å². The van der Waals surface area contributed by atoms with Crippen LogP contribution in [0, 0.1) is 0 Å². The molecule has 1 aromatic carbocycles. The predicted molar refractivity (Wildman–Crippen MR) is 66.4 cm³/mol. The monoisotopic (exact) mass is 225 g/mol. The molecule has 0 amide bonds. The standard InChI is InChI=1S/C12H19NOS/c1-10(14)11-4-6-12(7-5-11)15-9-8-13(2)3/h4-7,10,14H,8-9H2,1-3H3/t10-/m0/s1. The van der Waals surface area contributed by atoms with Crippen LogP contribution in [0.25, 0.3) is 0 Å². The van der Waals surface area contributed by atoms with Crippen molar-refractivity contribution in [2.24, 2.45) is 0 Å². The predicted octanol–water partition coefficient (Wildman–Crippen LogP) is 2.39. The second-order valence-corrected chi connectivity index (χ2v) is 5.07. The lowest BCUT2D eigenvalue weighted by Gasteiger charge is -2.09. The molecule has 0 radical (unpaired) electrons. The lowest BCUT2D eigenvalue weighted by atomic mass is 10.1. The van der Waals surface area contributed by atoms with Crippen LogP contribution in [0.1, 0.15) is 18.6 Å². The van der Waals surface area contributed by atoms with Crippen LogP contribution in [0.15, 0.2) is 29.2 Å². The molecule has 3 heteroatoms. The summed E-state index contributed by atoms with van der Waals surface area (Å²) in [5.41, 5.74) is 0.979. The van der Waals surface area contributed by atoms with Gasteiger partial charge in [-0.1, -0.05) is 12.1 Å². The first-order valence-corrected chi connectivity index (χ1v) is 6.13. The Kier molecular flexibility index (Phi) is 5.15. The minimum absolute atomic E-state index is 0.370. The van der Waals surface area contributed by atoms with Crippen molar-refractivity contribution < 1.29 is 5.11 Å². The normalized spacial score (nSPS) is 13.1. The lowest BCUT2D eigenvalue weighted by Crippen LogP contribution is -2.14. The number of aliphatic hydroxyl groups excluding tert-OH is 1. The van der Waals surface area contributed by atoms with Crippen LogP contribution < -0.4 is 0 Å². The maximum Gasteiger partial charge on any atom is 0.0761 e. The molecule has 0 aliphatic heterocycles. The Morgan fingerprint density at radius 2 is 1.87 bits per heavy atom. The summed E-state index contributed by atoms with van der Waals surface area (Å²) in [4.78, 5) is 3.44. The van der Waals surface area contributed by atoms with E-state index in [-0.39, 0.29) is 6.10 Å². The first kappa shape index (κ1) is 12.6. The number of rotatable bonds is 5. The van der Waals surface area contributed by atoms with Crippen molar-refractivity contribution in [2.75, 3.05) is 26.4 Å². The third-order valence-electron chi connectivity index (χ3n) is 2.17. The van der Waals surface area contributed by atoms with E-state index in [1.54, 1.807) is 6.92 Å². The Morgan fingerprint density at radius 1 is 1.27 bits per heavy atom. The molecule has 0 unspecified atom stereocenters. The average molecular weight is 225 g/mol. The zero-order valence-electron chi connectivity index (χ0n) is 9.60. The summed E-state index contributed by atoms with van der Waals surface area (Å²) in [5, 5.41) is 9.35. The Labute approximate surface area is 96.3 Å². The van der Waals surface area contributed by atoms with E-state index in [1.807, 2.05) is 23.9 Å². The van der Waals surface area contributed by atoms with Crippen LogP contribution in [0.5, 0.6) is 0 Å². The molecular weight excluding hydrogens is 206 g/mol. The van der Waals surface area contributed by atoms with Crippen molar-refractivity contribution >= 4 is 11.8 Å². The summed E-state index contributed by atoms with van der Waals surface area (Å²) in [6, 6.07) is 8.12. The molecule has 0 saturated heterocycles. The molecule has 2 nitrogen and oxygen atoms in total. The van der Waals surface area contributed by atoms with Crippen LogP contribution in [0.4, 0.5) is 0 Å². The van der Waals surface area contributed by atoms with Gasteiger partial charge in [0.1, 0.15) is 0 Å². The molecule has 0 aliphatic rings. The van der Waals surface area contributed by atoms with Crippen molar-refractivity contribution in [3.63, 3.8) is 0 Å². The molecule has 15 heavy (non-hydrogen) atoms. The quantitative estimate of drug-likeness (QED) is 0.778. The van der Waals surface area contributed by atoms with E-state index in [0.29, 0.717) is 0 Å². The summed E-state index contributed by atoms with van der Waals surface area (Å²) in [6.07, 6.45) is -0.370. The molecule has 0 heterocycles. The van der Waals surface area contributed by atoms with E-state index < -0.39 is 0 Å². The smallest absolute Gasteiger partial charge is 0.0761 e. The van der Waals surface area contributed by atoms with E-state index in [2.05, 4.69) is 31.1 Å². The first-order valence-electron chi connectivity index (χ1n) is 5.15. The van der Waals surface area contributed by atoms with Gasteiger partial charge in [-0.3, -0.25) is 0 Å². The maximum atomic E-state index is 9.35. The summed E-state index contributed by atoms with van der Waals surface area (Å²) >= 11 is 1.85. The average Bonchev–Trinajstić information content (AvgIpc) is 2.18. The fourth-order valence-electron chi connectivity index (χ4n) is 1.19. The van der Waals surface area contributed by atoms with Crippen molar-refractivity contribution in [3.8, 4) is 0 Å². The fraction of sp³-hybridized carbons (Fsp3) is 0.500. The maximum absolute atomic E-state index is 9.35. The number of nitrogens with zero attached hydrogens (tertiary/aromatic N) is 1. The molecule has 0 spiro atoms. The largest absolute Gasteiger partial charge is 0.389 e. The highest BCUT2D eigenvalue weighted by molar-refractivity contribution is 7.99. The van der Waals surface area contributed by atoms with Gasteiger partial charge < -0.3 is 10.0 Å². The molecule has 0 aliphatic carbocycles. The molecule has 1 atom stereocenters. The third kappa shape index (κ3) is 4.69. The number of thioether (sulfide) groups is 1. The number of hydrogen-bond acceptors (Lipinski definition) is 3. The number of benzene rings is 1. The van der Waals surface area contributed by atoms with E-state index in [1.165, 1.54) is 4.90 Å². The molecule has 0 aromatic heterocycles. The summed E-state index contributed by atoms with van der Waals surface area (Å²) in [7, 11) is 4.16. The minimum atomic E-state index is -0.370. The van der Waals surface area contributed by atoms with E-state index in [9.17, 15) is 5.11 Å². The van der Waals surface area contributed by atoms with Crippen LogP contribution in [0.3, 0.4) is 0 Å². The number of aliphatic hydroxyl groups is 1. The minimum Gasteiger partial charge on any atom is -0.389 e. The van der Waals surface area contributed by atoms with Gasteiger partial charge in [0.05, 0.1) is 6.10 Å². The Morgan fingerprint density at radius 3 is 2.33 bits per heavy atom. The second-order valence-electron chi connectivity index (χ2n) is 3.90. The lowest BCUT2D eigenvalue weighted by molar-refractivity contribution is 0.199. The van der Waals surface area contributed by atoms with Gasteiger partial charge in [-0.05, 0) is 38.7 Å². The highest BCUT2D eigenvalue weighted by atomic mass is 32.2. The topological polar surface area (TPSA) is 23.5 Å². The molecule has 0 fully saturated rings. The molecule has 1 N–H and O–H groups in total. The zero-order chi connectivity index (χ0) is 11.3. The highest BCUT2D eigenvalue weighted by Crippen LogP contribution is 2.20. The van der Waals surface area contributed by atoms with Gasteiger partial charge in [-0.15, -0.1) is 11.8 Å². The van der Waals surface area contributed by atoms with Gasteiger partial charge in [0.15, 0.2) is 0 Å². The molecular formula is C12H19NOS. The van der Waals surface area contributed by atoms with Gasteiger partial charge >= 0.3 is 0 Å².